The first kappa shape index (κ1) is 11.5. The summed E-state index contributed by atoms with van der Waals surface area (Å²) in [6, 6.07) is 0. The molecule has 0 atom stereocenters. The predicted molar refractivity (Wildman–Crippen MR) is 59.9 cm³/mol. The quantitative estimate of drug-likeness (QED) is 0.795. The number of nitrogens with one attached hydrogen (secondary N) is 1. The van der Waals surface area contributed by atoms with Crippen LogP contribution in [0.2, 0.25) is 0 Å². The van der Waals surface area contributed by atoms with Crippen LogP contribution in [0, 0.1) is 0 Å². The maximum Gasteiger partial charge on any atom is 0.357 e. The SMILES string of the molecule is COC(=O)c1csc(NCCc2ncno2)n1. The van der Waals surface area contributed by atoms with E-state index in [2.05, 4.69) is 25.2 Å². The molecule has 0 radical (unpaired) electrons. The van der Waals surface area contributed by atoms with Crippen LogP contribution in [0.3, 0.4) is 0 Å². The van der Waals surface area contributed by atoms with Gasteiger partial charge < -0.3 is 14.6 Å². The molecule has 2 aromatic rings. The van der Waals surface area contributed by atoms with Crippen molar-refractivity contribution in [3.63, 3.8) is 0 Å². The Bertz CT molecular complexity index is 482. The summed E-state index contributed by atoms with van der Waals surface area (Å²) < 4.78 is 9.40. The van der Waals surface area contributed by atoms with E-state index in [-0.39, 0.29) is 0 Å². The largest absolute Gasteiger partial charge is 0.464 e. The normalized spacial score (nSPS) is 10.2. The molecule has 0 aliphatic rings. The molecule has 0 unspecified atom stereocenters. The zero-order chi connectivity index (χ0) is 12.1. The number of carbonyl (C=O) groups is 1. The average molecular weight is 254 g/mol. The Morgan fingerprint density at radius 1 is 1.65 bits per heavy atom. The highest BCUT2D eigenvalue weighted by molar-refractivity contribution is 7.13. The van der Waals surface area contributed by atoms with Gasteiger partial charge in [0.2, 0.25) is 5.89 Å². The van der Waals surface area contributed by atoms with Crippen LogP contribution in [-0.2, 0) is 11.2 Å². The Morgan fingerprint density at radius 2 is 2.53 bits per heavy atom. The maximum atomic E-state index is 11.1. The van der Waals surface area contributed by atoms with Gasteiger partial charge in [0.1, 0.15) is 0 Å². The van der Waals surface area contributed by atoms with E-state index >= 15 is 0 Å². The van der Waals surface area contributed by atoms with Crippen LogP contribution in [0.4, 0.5) is 5.13 Å². The molecule has 7 nitrogen and oxygen atoms in total. The number of hydrogen-bond acceptors (Lipinski definition) is 8. The van der Waals surface area contributed by atoms with E-state index in [1.165, 1.54) is 24.8 Å². The third-order valence-corrected chi connectivity index (χ3v) is 2.72. The number of carbonyl (C=O) groups excluding carboxylic acids is 1. The highest BCUT2D eigenvalue weighted by atomic mass is 32.1. The van der Waals surface area contributed by atoms with Crippen LogP contribution >= 0.6 is 11.3 Å². The van der Waals surface area contributed by atoms with Crippen molar-refractivity contribution in [1.29, 1.82) is 0 Å². The molecule has 90 valence electrons. The van der Waals surface area contributed by atoms with Gasteiger partial charge in [-0.1, -0.05) is 5.16 Å². The fourth-order valence-electron chi connectivity index (χ4n) is 1.14. The second-order valence-electron chi connectivity index (χ2n) is 3.04. The van der Waals surface area contributed by atoms with Crippen molar-refractivity contribution in [3.05, 3.63) is 23.3 Å². The van der Waals surface area contributed by atoms with E-state index < -0.39 is 5.97 Å². The van der Waals surface area contributed by atoms with E-state index in [1.807, 2.05) is 0 Å². The van der Waals surface area contributed by atoms with Gasteiger partial charge >= 0.3 is 5.97 Å². The zero-order valence-corrected chi connectivity index (χ0v) is 9.86. The molecule has 2 heterocycles. The lowest BCUT2D eigenvalue weighted by atomic mass is 10.4. The molecule has 0 saturated heterocycles. The Morgan fingerprint density at radius 3 is 3.24 bits per heavy atom. The summed E-state index contributed by atoms with van der Waals surface area (Å²) in [7, 11) is 1.32. The molecule has 0 aliphatic heterocycles. The van der Waals surface area contributed by atoms with E-state index in [0.717, 1.165) is 0 Å². The molecule has 0 bridgehead atoms. The summed E-state index contributed by atoms with van der Waals surface area (Å²) in [6.45, 7) is 0.607. The standard InChI is InChI=1S/C9H10N4O3S/c1-15-8(14)6-4-17-9(13-6)10-3-2-7-11-5-12-16-7/h4-5H,2-3H2,1H3,(H,10,13). The molecule has 1 N–H and O–H groups in total. The van der Waals surface area contributed by atoms with Crippen LogP contribution in [0.25, 0.3) is 0 Å². The summed E-state index contributed by atoms with van der Waals surface area (Å²) >= 11 is 1.34. The third kappa shape index (κ3) is 3.00. The van der Waals surface area contributed by atoms with Gasteiger partial charge in [0.25, 0.3) is 0 Å². The van der Waals surface area contributed by atoms with Crippen molar-refractivity contribution in [2.75, 3.05) is 19.0 Å². The van der Waals surface area contributed by atoms with Gasteiger partial charge in [-0.15, -0.1) is 11.3 Å². The highest BCUT2D eigenvalue weighted by Gasteiger charge is 2.10. The van der Waals surface area contributed by atoms with Crippen LogP contribution in [0.1, 0.15) is 16.4 Å². The minimum atomic E-state index is -0.439. The van der Waals surface area contributed by atoms with Gasteiger partial charge in [0, 0.05) is 18.3 Å². The number of rotatable bonds is 5. The second-order valence-corrected chi connectivity index (χ2v) is 3.90. The van der Waals surface area contributed by atoms with Gasteiger partial charge in [-0.2, -0.15) is 4.98 Å². The van der Waals surface area contributed by atoms with Crippen molar-refractivity contribution in [1.82, 2.24) is 15.1 Å². The predicted octanol–water partition coefficient (Wildman–Crippen LogP) is 0.967. The molecule has 17 heavy (non-hydrogen) atoms. The van der Waals surface area contributed by atoms with Crippen molar-refractivity contribution in [3.8, 4) is 0 Å². The summed E-state index contributed by atoms with van der Waals surface area (Å²) in [5.74, 6) is 0.119. The molecule has 0 amide bonds. The van der Waals surface area contributed by atoms with Gasteiger partial charge in [-0.25, -0.2) is 9.78 Å². The monoisotopic (exact) mass is 254 g/mol. The van der Waals surface area contributed by atoms with Gasteiger partial charge in [0.05, 0.1) is 7.11 Å². The van der Waals surface area contributed by atoms with Crippen molar-refractivity contribution in [2.45, 2.75) is 6.42 Å². The third-order valence-electron chi connectivity index (χ3n) is 1.92. The Labute approximate surface area is 101 Å². The Balaban J connectivity index is 1.83. The summed E-state index contributed by atoms with van der Waals surface area (Å²) in [5.41, 5.74) is 0.304. The van der Waals surface area contributed by atoms with E-state index in [1.54, 1.807) is 5.38 Å². The molecule has 0 spiro atoms. The van der Waals surface area contributed by atoms with Crippen LogP contribution in [0.5, 0.6) is 0 Å². The van der Waals surface area contributed by atoms with Crippen molar-refractivity contribution >= 4 is 22.4 Å². The second kappa shape index (κ2) is 5.39. The number of esters is 1. The average Bonchev–Trinajstić information content (AvgIpc) is 2.99. The molecule has 2 rings (SSSR count). The van der Waals surface area contributed by atoms with Gasteiger partial charge in [0.15, 0.2) is 17.2 Å². The van der Waals surface area contributed by atoms with E-state index in [9.17, 15) is 4.79 Å². The zero-order valence-electron chi connectivity index (χ0n) is 9.04. The summed E-state index contributed by atoms with van der Waals surface area (Å²) in [5, 5.41) is 8.85. The van der Waals surface area contributed by atoms with E-state index in [4.69, 9.17) is 4.52 Å². The topological polar surface area (TPSA) is 90.1 Å². The molecular formula is C9H10N4O3S. The number of methoxy groups -OCH3 is 1. The number of ether oxygens (including phenoxy) is 1. The first-order chi connectivity index (χ1) is 8.29. The minimum Gasteiger partial charge on any atom is -0.464 e. The van der Waals surface area contributed by atoms with Gasteiger partial charge in [-0.05, 0) is 0 Å². The van der Waals surface area contributed by atoms with Crippen LogP contribution in [0.15, 0.2) is 16.2 Å². The number of thiazole rings is 1. The smallest absolute Gasteiger partial charge is 0.357 e. The number of aromatic nitrogens is 3. The number of anilines is 1. The highest BCUT2D eigenvalue weighted by Crippen LogP contribution is 2.15. The van der Waals surface area contributed by atoms with E-state index in [0.29, 0.717) is 29.7 Å². The fourth-order valence-corrected chi connectivity index (χ4v) is 1.84. The Kier molecular flexibility index (Phi) is 3.66. The van der Waals surface area contributed by atoms with Crippen molar-refractivity contribution < 1.29 is 14.1 Å². The molecule has 0 aliphatic carbocycles. The molecule has 0 saturated carbocycles. The number of hydrogen-bond donors (Lipinski definition) is 1. The summed E-state index contributed by atoms with van der Waals surface area (Å²) in [4.78, 5) is 19.1. The first-order valence-electron chi connectivity index (χ1n) is 4.83. The minimum absolute atomic E-state index is 0.304. The van der Waals surface area contributed by atoms with Crippen molar-refractivity contribution in [2.24, 2.45) is 0 Å². The van der Waals surface area contributed by atoms with Crippen LogP contribution < -0.4 is 5.32 Å². The lowest BCUT2D eigenvalue weighted by Gasteiger charge is -1.98. The van der Waals surface area contributed by atoms with Crippen LogP contribution in [-0.4, -0.2) is 34.7 Å². The first-order valence-corrected chi connectivity index (χ1v) is 5.71. The summed E-state index contributed by atoms with van der Waals surface area (Å²) in [6.07, 6.45) is 1.96. The molecule has 8 heteroatoms. The maximum absolute atomic E-state index is 11.1. The fraction of sp³-hybridized carbons (Fsp3) is 0.333. The number of nitrogens with zero attached hydrogens (tertiary/aromatic N) is 3. The molecule has 0 aromatic carbocycles. The van der Waals surface area contributed by atoms with Gasteiger partial charge in [-0.3, -0.25) is 0 Å². The lowest BCUT2D eigenvalue weighted by Crippen LogP contribution is -2.06. The lowest BCUT2D eigenvalue weighted by molar-refractivity contribution is 0.0595. The molecular weight excluding hydrogens is 244 g/mol. The Hall–Kier alpha value is -1.96. The molecule has 0 fully saturated rings. The molecule has 2 aromatic heterocycles.